The van der Waals surface area contributed by atoms with E-state index in [-0.39, 0.29) is 11.3 Å². The molecule has 28 heavy (non-hydrogen) atoms. The van der Waals surface area contributed by atoms with E-state index in [2.05, 4.69) is 4.72 Å². The molecule has 0 amide bonds. The van der Waals surface area contributed by atoms with Gasteiger partial charge < -0.3 is 5.11 Å². The Morgan fingerprint density at radius 2 is 1.75 bits per heavy atom. The Balaban J connectivity index is 2.07. The summed E-state index contributed by atoms with van der Waals surface area (Å²) in [6, 6.07) is 11.2. The van der Waals surface area contributed by atoms with E-state index in [1.54, 1.807) is 24.3 Å². The van der Waals surface area contributed by atoms with Gasteiger partial charge in [0.1, 0.15) is 5.82 Å². The van der Waals surface area contributed by atoms with Crippen molar-refractivity contribution >= 4 is 27.6 Å². The van der Waals surface area contributed by atoms with Gasteiger partial charge in [-0.05, 0) is 48.7 Å². The molecule has 0 radical (unpaired) electrons. The molecule has 0 saturated heterocycles. The van der Waals surface area contributed by atoms with Crippen LogP contribution in [0, 0.1) is 5.82 Å². The first-order valence-corrected chi connectivity index (χ1v) is 10.9. The van der Waals surface area contributed by atoms with Crippen LogP contribution in [-0.2, 0) is 14.8 Å². The first-order chi connectivity index (χ1) is 13.3. The molecule has 0 aliphatic rings. The molecule has 2 aromatic carbocycles. The Morgan fingerprint density at radius 1 is 1.07 bits per heavy atom. The van der Waals surface area contributed by atoms with Gasteiger partial charge in [0.15, 0.2) is 0 Å². The summed E-state index contributed by atoms with van der Waals surface area (Å²) in [6.45, 7) is 0. The molecule has 2 N–H and O–H groups in total. The van der Waals surface area contributed by atoms with Gasteiger partial charge in [-0.2, -0.15) is 0 Å². The van der Waals surface area contributed by atoms with E-state index in [4.69, 9.17) is 16.7 Å². The Bertz CT molecular complexity index is 887. The number of unbranched alkanes of at least 4 members (excludes halogenated alkanes) is 3. The molecule has 5 nitrogen and oxygen atoms in total. The van der Waals surface area contributed by atoms with Crippen LogP contribution in [0.15, 0.2) is 53.4 Å². The minimum atomic E-state index is -3.80. The molecule has 0 aliphatic heterocycles. The van der Waals surface area contributed by atoms with Gasteiger partial charge in [-0.1, -0.05) is 49.1 Å². The van der Waals surface area contributed by atoms with Crippen LogP contribution < -0.4 is 4.72 Å². The Kier molecular flexibility index (Phi) is 8.41. The van der Waals surface area contributed by atoms with Crippen LogP contribution in [-0.4, -0.2) is 19.5 Å². The van der Waals surface area contributed by atoms with Crippen molar-refractivity contribution in [1.82, 2.24) is 4.72 Å². The average molecular weight is 428 g/mol. The molecule has 1 atom stereocenters. The number of carboxylic acids is 1. The van der Waals surface area contributed by atoms with Crippen LogP contribution in [0.4, 0.5) is 4.39 Å². The van der Waals surface area contributed by atoms with Crippen LogP contribution in [0.1, 0.15) is 50.1 Å². The summed E-state index contributed by atoms with van der Waals surface area (Å²) in [4.78, 5) is 10.6. The molecule has 1 unspecified atom stereocenters. The SMILES string of the molecule is O=C(O)CCCCCCC(NS(=O)(=O)c1cccc(Cl)c1)c1ccc(F)cc1. The number of hydrogen-bond donors (Lipinski definition) is 2. The predicted molar refractivity (Wildman–Crippen MR) is 106 cm³/mol. The van der Waals surface area contributed by atoms with Crippen molar-refractivity contribution in [2.24, 2.45) is 0 Å². The second-order valence-electron chi connectivity index (χ2n) is 6.53. The fraction of sp³-hybridized carbons (Fsp3) is 0.350. The molecule has 0 aliphatic carbocycles. The van der Waals surface area contributed by atoms with E-state index in [1.165, 1.54) is 24.3 Å². The molecular weight excluding hydrogens is 405 g/mol. The van der Waals surface area contributed by atoms with Gasteiger partial charge in [-0.25, -0.2) is 17.5 Å². The topological polar surface area (TPSA) is 83.5 Å². The highest BCUT2D eigenvalue weighted by Crippen LogP contribution is 2.24. The third-order valence-electron chi connectivity index (χ3n) is 4.31. The smallest absolute Gasteiger partial charge is 0.303 e. The summed E-state index contributed by atoms with van der Waals surface area (Å²) in [6.07, 6.45) is 3.47. The van der Waals surface area contributed by atoms with Crippen LogP contribution in [0.25, 0.3) is 0 Å². The van der Waals surface area contributed by atoms with Crippen molar-refractivity contribution in [3.8, 4) is 0 Å². The Hall–Kier alpha value is -1.96. The second-order valence-corrected chi connectivity index (χ2v) is 8.68. The number of hydrogen-bond acceptors (Lipinski definition) is 3. The zero-order valence-corrected chi connectivity index (χ0v) is 16.8. The van der Waals surface area contributed by atoms with Gasteiger partial charge in [0.05, 0.1) is 4.90 Å². The van der Waals surface area contributed by atoms with E-state index in [0.717, 1.165) is 12.8 Å². The molecule has 0 heterocycles. The first-order valence-electron chi connectivity index (χ1n) is 9.03. The van der Waals surface area contributed by atoms with Gasteiger partial charge in [-0.15, -0.1) is 0 Å². The number of sulfonamides is 1. The predicted octanol–water partition coefficient (Wildman–Crippen LogP) is 4.92. The third-order valence-corrected chi connectivity index (χ3v) is 6.01. The molecule has 0 spiro atoms. The van der Waals surface area contributed by atoms with Crippen molar-refractivity contribution in [2.75, 3.05) is 0 Å². The number of carbonyl (C=O) groups is 1. The molecule has 8 heteroatoms. The number of rotatable bonds is 11. The second kappa shape index (κ2) is 10.5. The Labute approximate surface area is 169 Å². The molecule has 0 fully saturated rings. The lowest BCUT2D eigenvalue weighted by atomic mass is 10.0. The van der Waals surface area contributed by atoms with E-state index in [9.17, 15) is 17.6 Å². The largest absolute Gasteiger partial charge is 0.481 e. The maximum Gasteiger partial charge on any atom is 0.303 e. The van der Waals surface area contributed by atoms with Gasteiger partial charge in [0.25, 0.3) is 0 Å². The summed E-state index contributed by atoms with van der Waals surface area (Å²) in [5.74, 6) is -1.22. The summed E-state index contributed by atoms with van der Waals surface area (Å²) < 4.78 is 41.4. The lowest BCUT2D eigenvalue weighted by Crippen LogP contribution is -2.28. The summed E-state index contributed by atoms with van der Waals surface area (Å²) in [5.41, 5.74) is 0.664. The van der Waals surface area contributed by atoms with Gasteiger partial charge in [0, 0.05) is 17.5 Å². The summed E-state index contributed by atoms with van der Waals surface area (Å²) in [7, 11) is -3.80. The van der Waals surface area contributed by atoms with E-state index in [1.807, 2.05) is 0 Å². The van der Waals surface area contributed by atoms with E-state index in [0.29, 0.717) is 29.8 Å². The number of aliphatic carboxylic acids is 1. The summed E-state index contributed by atoms with van der Waals surface area (Å²) >= 11 is 5.90. The molecular formula is C20H23ClFNO4S. The van der Waals surface area contributed by atoms with Crippen molar-refractivity contribution < 1.29 is 22.7 Å². The molecule has 0 saturated carbocycles. The maximum absolute atomic E-state index is 13.3. The Morgan fingerprint density at radius 3 is 2.39 bits per heavy atom. The van der Waals surface area contributed by atoms with Crippen LogP contribution >= 0.6 is 11.6 Å². The molecule has 152 valence electrons. The van der Waals surface area contributed by atoms with Crippen molar-refractivity contribution in [1.29, 1.82) is 0 Å². The lowest BCUT2D eigenvalue weighted by Gasteiger charge is -2.19. The molecule has 0 aromatic heterocycles. The summed E-state index contributed by atoms with van der Waals surface area (Å²) in [5, 5.41) is 8.99. The first kappa shape index (κ1) is 22.3. The highest BCUT2D eigenvalue weighted by molar-refractivity contribution is 7.89. The highest BCUT2D eigenvalue weighted by Gasteiger charge is 2.21. The fourth-order valence-corrected chi connectivity index (χ4v) is 4.42. The lowest BCUT2D eigenvalue weighted by molar-refractivity contribution is -0.137. The average Bonchev–Trinajstić information content (AvgIpc) is 2.64. The maximum atomic E-state index is 13.3. The number of halogens is 2. The quantitative estimate of drug-likeness (QED) is 0.498. The van der Waals surface area contributed by atoms with Crippen molar-refractivity contribution in [3.05, 3.63) is 64.9 Å². The van der Waals surface area contributed by atoms with Gasteiger partial charge in [0.2, 0.25) is 10.0 Å². The van der Waals surface area contributed by atoms with E-state index < -0.39 is 27.9 Å². The van der Waals surface area contributed by atoms with Gasteiger partial charge >= 0.3 is 5.97 Å². The number of nitrogens with one attached hydrogen (secondary N) is 1. The fourth-order valence-electron chi connectivity index (χ4n) is 2.86. The number of benzene rings is 2. The molecule has 2 aromatic rings. The number of carboxylic acid groups (broad SMARTS) is 1. The van der Waals surface area contributed by atoms with Crippen LogP contribution in [0.3, 0.4) is 0 Å². The zero-order valence-electron chi connectivity index (χ0n) is 15.3. The minimum Gasteiger partial charge on any atom is -0.481 e. The third kappa shape index (κ3) is 7.22. The standard InChI is InChI=1S/C20H23ClFNO4S/c21-16-6-5-7-18(14-16)28(26,27)23-19(15-10-12-17(22)13-11-15)8-3-1-2-4-9-20(24)25/h5-7,10-14,19,23H,1-4,8-9H2,(H,24,25). The van der Waals surface area contributed by atoms with Gasteiger partial charge in [-0.3, -0.25) is 4.79 Å². The normalized spacial score (nSPS) is 12.6. The zero-order chi connectivity index (χ0) is 20.6. The molecule has 2 rings (SSSR count). The molecule has 0 bridgehead atoms. The van der Waals surface area contributed by atoms with Crippen LogP contribution in [0.2, 0.25) is 5.02 Å². The van der Waals surface area contributed by atoms with E-state index >= 15 is 0 Å². The highest BCUT2D eigenvalue weighted by atomic mass is 35.5. The monoisotopic (exact) mass is 427 g/mol. The minimum absolute atomic E-state index is 0.0635. The van der Waals surface area contributed by atoms with Crippen LogP contribution in [0.5, 0.6) is 0 Å². The van der Waals surface area contributed by atoms with Crippen molar-refractivity contribution in [2.45, 2.75) is 49.5 Å². The van der Waals surface area contributed by atoms with Crippen molar-refractivity contribution in [3.63, 3.8) is 0 Å².